The second-order valence-electron chi connectivity index (χ2n) is 8.65. The van der Waals surface area contributed by atoms with Gasteiger partial charge in [0.15, 0.2) is 11.6 Å². The van der Waals surface area contributed by atoms with Crippen molar-refractivity contribution < 1.29 is 23.4 Å². The molecule has 1 aliphatic heterocycles. The van der Waals surface area contributed by atoms with E-state index in [-0.39, 0.29) is 17.8 Å². The van der Waals surface area contributed by atoms with E-state index in [9.17, 15) is 9.18 Å². The molecule has 0 N–H and O–H groups in total. The summed E-state index contributed by atoms with van der Waals surface area (Å²) in [6, 6.07) is 19.8. The van der Waals surface area contributed by atoms with Crippen molar-refractivity contribution in [2.45, 2.75) is 12.7 Å². The molecule has 8 heteroatoms. The summed E-state index contributed by atoms with van der Waals surface area (Å²) in [5.41, 5.74) is 2.34. The molecule has 1 aliphatic rings. The van der Waals surface area contributed by atoms with Gasteiger partial charge in [-0.05, 0) is 53.6 Å². The Hall–Kier alpha value is -3.13. The molecule has 1 saturated heterocycles. The number of amides is 1. The Morgan fingerprint density at radius 1 is 0.972 bits per heavy atom. The maximum Gasteiger partial charge on any atom is 0.254 e. The monoisotopic (exact) mass is 512 g/mol. The van der Waals surface area contributed by atoms with E-state index in [0.717, 1.165) is 16.9 Å². The van der Waals surface area contributed by atoms with Crippen LogP contribution in [-0.2, 0) is 11.3 Å². The fourth-order valence-electron chi connectivity index (χ4n) is 4.27. The van der Waals surface area contributed by atoms with Crippen LogP contribution < -0.4 is 9.47 Å². The number of hydrogen-bond donors (Lipinski definition) is 0. The Morgan fingerprint density at radius 3 is 2.44 bits per heavy atom. The number of carbonyl (C=O) groups excluding carboxylic acids is 1. The molecule has 0 saturated carbocycles. The lowest BCUT2D eigenvalue weighted by molar-refractivity contribution is 0.00333. The van der Waals surface area contributed by atoms with Crippen LogP contribution in [0.2, 0.25) is 5.02 Å². The SMILES string of the molecule is COc1cccc(C(CN2CCN(C(=O)c3ccc(OC)c(F)c3)CC2)OCc2cccc(Cl)c2)c1. The van der Waals surface area contributed by atoms with Gasteiger partial charge < -0.3 is 19.1 Å². The van der Waals surface area contributed by atoms with E-state index in [1.54, 1.807) is 18.1 Å². The Kier molecular flexibility index (Phi) is 8.80. The molecule has 190 valence electrons. The third kappa shape index (κ3) is 6.55. The molecule has 3 aromatic rings. The summed E-state index contributed by atoms with van der Waals surface area (Å²) in [7, 11) is 3.04. The minimum Gasteiger partial charge on any atom is -0.497 e. The van der Waals surface area contributed by atoms with Gasteiger partial charge in [0.25, 0.3) is 5.91 Å². The van der Waals surface area contributed by atoms with Gasteiger partial charge in [0, 0.05) is 43.3 Å². The fraction of sp³-hybridized carbons (Fsp3) is 0.321. The van der Waals surface area contributed by atoms with E-state index < -0.39 is 5.82 Å². The third-order valence-corrected chi connectivity index (χ3v) is 6.52. The summed E-state index contributed by atoms with van der Waals surface area (Å²) in [5.74, 6) is 0.168. The van der Waals surface area contributed by atoms with Crippen LogP contribution in [0.15, 0.2) is 66.7 Å². The number of nitrogens with zero attached hydrogens (tertiary/aromatic N) is 2. The third-order valence-electron chi connectivity index (χ3n) is 6.29. The lowest BCUT2D eigenvalue weighted by atomic mass is 10.1. The molecule has 36 heavy (non-hydrogen) atoms. The molecule has 3 aromatic carbocycles. The molecule has 4 rings (SSSR count). The number of benzene rings is 3. The van der Waals surface area contributed by atoms with Gasteiger partial charge in [0.05, 0.1) is 26.9 Å². The second kappa shape index (κ2) is 12.2. The van der Waals surface area contributed by atoms with Crippen LogP contribution in [0.3, 0.4) is 0 Å². The summed E-state index contributed by atoms with van der Waals surface area (Å²) in [6.07, 6.45) is -0.197. The first-order chi connectivity index (χ1) is 17.5. The van der Waals surface area contributed by atoms with Gasteiger partial charge in [-0.15, -0.1) is 0 Å². The predicted octanol–water partition coefficient (Wildman–Crippen LogP) is 5.21. The zero-order chi connectivity index (χ0) is 25.5. The van der Waals surface area contributed by atoms with Gasteiger partial charge in [-0.25, -0.2) is 4.39 Å². The molecule has 0 bridgehead atoms. The molecule has 0 spiro atoms. The maximum absolute atomic E-state index is 14.1. The highest BCUT2D eigenvalue weighted by atomic mass is 35.5. The zero-order valence-electron chi connectivity index (χ0n) is 20.5. The van der Waals surface area contributed by atoms with Crippen LogP contribution in [0.5, 0.6) is 11.5 Å². The molecule has 1 heterocycles. The Bertz CT molecular complexity index is 1180. The van der Waals surface area contributed by atoms with Crippen molar-refractivity contribution in [3.8, 4) is 11.5 Å². The van der Waals surface area contributed by atoms with Crippen LogP contribution in [-0.4, -0.2) is 62.7 Å². The predicted molar refractivity (Wildman–Crippen MR) is 137 cm³/mol. The van der Waals surface area contributed by atoms with E-state index in [1.165, 1.54) is 19.2 Å². The highest BCUT2D eigenvalue weighted by Gasteiger charge is 2.25. The van der Waals surface area contributed by atoms with Crippen LogP contribution in [0.1, 0.15) is 27.6 Å². The van der Waals surface area contributed by atoms with Gasteiger partial charge in [0.1, 0.15) is 5.75 Å². The first-order valence-corrected chi connectivity index (χ1v) is 12.2. The number of carbonyl (C=O) groups is 1. The molecule has 0 aliphatic carbocycles. The molecule has 1 atom stereocenters. The van der Waals surface area contributed by atoms with Crippen LogP contribution in [0.4, 0.5) is 4.39 Å². The maximum atomic E-state index is 14.1. The van der Waals surface area contributed by atoms with Crippen molar-refractivity contribution in [2.75, 3.05) is 46.9 Å². The standard InChI is InChI=1S/C28H30ClFN2O4/c1-34-24-8-4-6-21(16-24)27(36-19-20-5-3-7-23(29)15-20)18-31-11-13-32(14-12-31)28(33)22-9-10-26(35-2)25(30)17-22/h3-10,15-17,27H,11-14,18-19H2,1-2H3. The van der Waals surface area contributed by atoms with Crippen molar-refractivity contribution >= 4 is 17.5 Å². The number of hydrogen-bond acceptors (Lipinski definition) is 5. The van der Waals surface area contributed by atoms with E-state index in [2.05, 4.69) is 4.90 Å². The Morgan fingerprint density at radius 2 is 1.75 bits per heavy atom. The minimum absolute atomic E-state index is 0.123. The van der Waals surface area contributed by atoms with Crippen LogP contribution >= 0.6 is 11.6 Å². The molecular formula is C28H30ClFN2O4. The molecule has 0 aromatic heterocycles. The minimum atomic E-state index is -0.542. The highest BCUT2D eigenvalue weighted by molar-refractivity contribution is 6.30. The van der Waals surface area contributed by atoms with Crippen molar-refractivity contribution in [1.82, 2.24) is 9.80 Å². The molecular weight excluding hydrogens is 483 g/mol. The molecule has 1 unspecified atom stereocenters. The molecule has 6 nitrogen and oxygen atoms in total. The molecule has 1 amide bonds. The largest absolute Gasteiger partial charge is 0.497 e. The van der Waals surface area contributed by atoms with E-state index in [0.29, 0.717) is 49.9 Å². The number of methoxy groups -OCH3 is 2. The van der Waals surface area contributed by atoms with E-state index >= 15 is 0 Å². The molecule has 1 fully saturated rings. The fourth-order valence-corrected chi connectivity index (χ4v) is 4.48. The van der Waals surface area contributed by atoms with Crippen molar-refractivity contribution in [2.24, 2.45) is 0 Å². The first kappa shape index (κ1) is 25.9. The summed E-state index contributed by atoms with van der Waals surface area (Å²) in [4.78, 5) is 16.9. The topological polar surface area (TPSA) is 51.2 Å². The van der Waals surface area contributed by atoms with Gasteiger partial charge >= 0.3 is 0 Å². The van der Waals surface area contributed by atoms with Gasteiger partial charge in [-0.2, -0.15) is 0 Å². The Balaban J connectivity index is 1.40. The smallest absolute Gasteiger partial charge is 0.254 e. The number of rotatable bonds is 9. The summed E-state index contributed by atoms with van der Waals surface area (Å²) < 4.78 is 30.8. The Labute approximate surface area is 216 Å². The van der Waals surface area contributed by atoms with Gasteiger partial charge in [-0.1, -0.05) is 35.9 Å². The van der Waals surface area contributed by atoms with Gasteiger partial charge in [-0.3, -0.25) is 9.69 Å². The van der Waals surface area contributed by atoms with Crippen molar-refractivity contribution in [3.05, 3.63) is 94.3 Å². The summed E-state index contributed by atoms with van der Waals surface area (Å²) in [6.45, 7) is 3.55. The first-order valence-electron chi connectivity index (χ1n) is 11.8. The zero-order valence-corrected chi connectivity index (χ0v) is 21.2. The normalized spacial score (nSPS) is 14.9. The number of piperazine rings is 1. The number of halogens is 2. The van der Waals surface area contributed by atoms with E-state index in [1.807, 2.05) is 48.5 Å². The number of ether oxygens (including phenoxy) is 3. The lowest BCUT2D eigenvalue weighted by Gasteiger charge is -2.36. The average Bonchev–Trinajstić information content (AvgIpc) is 2.91. The second-order valence-corrected chi connectivity index (χ2v) is 9.08. The van der Waals surface area contributed by atoms with Gasteiger partial charge in [0.2, 0.25) is 0 Å². The van der Waals surface area contributed by atoms with Crippen LogP contribution in [0, 0.1) is 5.82 Å². The lowest BCUT2D eigenvalue weighted by Crippen LogP contribution is -2.49. The van der Waals surface area contributed by atoms with E-state index in [4.69, 9.17) is 25.8 Å². The van der Waals surface area contributed by atoms with Crippen molar-refractivity contribution in [1.29, 1.82) is 0 Å². The summed E-state index contributed by atoms with van der Waals surface area (Å²) in [5, 5.41) is 0.673. The highest BCUT2D eigenvalue weighted by Crippen LogP contribution is 2.26. The summed E-state index contributed by atoms with van der Waals surface area (Å²) >= 11 is 6.14. The average molecular weight is 513 g/mol. The van der Waals surface area contributed by atoms with Crippen LogP contribution in [0.25, 0.3) is 0 Å². The van der Waals surface area contributed by atoms with Crippen molar-refractivity contribution in [3.63, 3.8) is 0 Å². The quantitative estimate of drug-likeness (QED) is 0.394. The molecule has 0 radical (unpaired) electrons.